The number of aryl methyl sites for hydroxylation is 1. The minimum absolute atomic E-state index is 0.0182. The maximum Gasteiger partial charge on any atom is 0.230 e. The van der Waals surface area contributed by atoms with E-state index in [9.17, 15) is 4.79 Å². The van der Waals surface area contributed by atoms with Crippen LogP contribution in [-0.4, -0.2) is 36.5 Å². The van der Waals surface area contributed by atoms with E-state index in [1.54, 1.807) is 0 Å². The van der Waals surface area contributed by atoms with E-state index in [0.717, 1.165) is 32.4 Å². The number of amides is 1. The number of carbonyl (C=O) groups excluding carboxylic acids is 1. The van der Waals surface area contributed by atoms with Crippen LogP contribution < -0.4 is 10.9 Å². The maximum absolute atomic E-state index is 10.8. The van der Waals surface area contributed by atoms with Crippen LogP contribution in [0, 0.1) is 0 Å². The van der Waals surface area contributed by atoms with Gasteiger partial charge in [-0.2, -0.15) is 0 Å². The van der Waals surface area contributed by atoms with E-state index in [4.69, 9.17) is 0 Å². The van der Waals surface area contributed by atoms with Crippen molar-refractivity contribution in [3.63, 3.8) is 0 Å². The molecule has 0 saturated carbocycles. The molecule has 0 spiro atoms. The van der Waals surface area contributed by atoms with E-state index < -0.39 is 0 Å². The second-order valence-electron chi connectivity index (χ2n) is 5.53. The number of hydrogen-bond acceptors (Lipinski definition) is 3. The van der Waals surface area contributed by atoms with Crippen molar-refractivity contribution in [3.05, 3.63) is 35.9 Å². The van der Waals surface area contributed by atoms with Crippen molar-refractivity contribution in [2.45, 2.75) is 38.6 Å². The van der Waals surface area contributed by atoms with Gasteiger partial charge in [-0.05, 0) is 50.9 Å². The lowest BCUT2D eigenvalue weighted by Gasteiger charge is -2.32. The van der Waals surface area contributed by atoms with E-state index in [1.165, 1.54) is 25.5 Å². The Bertz CT molecular complexity index is 399. The van der Waals surface area contributed by atoms with E-state index >= 15 is 0 Å². The van der Waals surface area contributed by atoms with Crippen LogP contribution in [0.2, 0.25) is 0 Å². The number of benzene rings is 1. The van der Waals surface area contributed by atoms with E-state index in [1.807, 2.05) is 0 Å². The second-order valence-corrected chi connectivity index (χ2v) is 5.53. The SMILES string of the molecule is CC(=O)NNC1CCN(CCCc2ccccc2)CC1. The van der Waals surface area contributed by atoms with Gasteiger partial charge in [0.1, 0.15) is 0 Å². The highest BCUT2D eigenvalue weighted by molar-refractivity contribution is 5.72. The Balaban J connectivity index is 1.59. The molecule has 110 valence electrons. The molecule has 1 aromatic rings. The number of hydrogen-bond donors (Lipinski definition) is 2. The third-order valence-electron chi connectivity index (χ3n) is 3.82. The lowest BCUT2D eigenvalue weighted by Crippen LogP contribution is -2.49. The summed E-state index contributed by atoms with van der Waals surface area (Å²) in [7, 11) is 0. The van der Waals surface area contributed by atoms with Gasteiger partial charge in [-0.1, -0.05) is 30.3 Å². The Morgan fingerprint density at radius 1 is 1.25 bits per heavy atom. The summed E-state index contributed by atoms with van der Waals surface area (Å²) in [5.74, 6) is -0.0182. The van der Waals surface area contributed by atoms with Crippen LogP contribution in [0.1, 0.15) is 31.7 Å². The molecule has 1 amide bonds. The molecule has 1 saturated heterocycles. The minimum atomic E-state index is -0.0182. The summed E-state index contributed by atoms with van der Waals surface area (Å²) in [6, 6.07) is 11.1. The average Bonchev–Trinajstić information content (AvgIpc) is 2.47. The summed E-state index contributed by atoms with van der Waals surface area (Å²) in [4.78, 5) is 13.4. The lowest BCUT2D eigenvalue weighted by molar-refractivity contribution is -0.120. The van der Waals surface area contributed by atoms with Crippen molar-refractivity contribution in [2.24, 2.45) is 0 Å². The standard InChI is InChI=1S/C16H25N3O/c1-14(20)17-18-16-9-12-19(13-10-16)11-5-8-15-6-3-2-4-7-15/h2-4,6-7,16,18H,5,8-13H2,1H3,(H,17,20). The van der Waals surface area contributed by atoms with Crippen LogP contribution in [0.5, 0.6) is 0 Å². The molecule has 1 aliphatic heterocycles. The van der Waals surface area contributed by atoms with Gasteiger partial charge < -0.3 is 4.90 Å². The molecule has 0 radical (unpaired) electrons. The van der Waals surface area contributed by atoms with Crippen LogP contribution in [-0.2, 0) is 11.2 Å². The van der Waals surface area contributed by atoms with Gasteiger partial charge in [-0.15, -0.1) is 0 Å². The molecule has 1 fully saturated rings. The molecule has 0 unspecified atom stereocenters. The fraction of sp³-hybridized carbons (Fsp3) is 0.562. The van der Waals surface area contributed by atoms with Gasteiger partial charge in [0, 0.05) is 13.0 Å². The van der Waals surface area contributed by atoms with Crippen molar-refractivity contribution >= 4 is 5.91 Å². The molecule has 4 heteroatoms. The van der Waals surface area contributed by atoms with Crippen molar-refractivity contribution < 1.29 is 4.79 Å². The molecule has 0 aliphatic carbocycles. The fourth-order valence-corrected chi connectivity index (χ4v) is 2.66. The molecule has 0 aromatic heterocycles. The molecule has 2 rings (SSSR count). The molecule has 20 heavy (non-hydrogen) atoms. The van der Waals surface area contributed by atoms with Crippen molar-refractivity contribution in [2.75, 3.05) is 19.6 Å². The average molecular weight is 275 g/mol. The topological polar surface area (TPSA) is 44.4 Å². The zero-order valence-electron chi connectivity index (χ0n) is 12.3. The quantitative estimate of drug-likeness (QED) is 0.777. The highest BCUT2D eigenvalue weighted by Gasteiger charge is 2.18. The molecule has 1 aromatic carbocycles. The molecule has 4 nitrogen and oxygen atoms in total. The number of rotatable bonds is 6. The van der Waals surface area contributed by atoms with Gasteiger partial charge >= 0.3 is 0 Å². The lowest BCUT2D eigenvalue weighted by atomic mass is 10.0. The van der Waals surface area contributed by atoms with E-state index in [2.05, 4.69) is 46.1 Å². The number of likely N-dealkylation sites (tertiary alicyclic amines) is 1. The maximum atomic E-state index is 10.8. The van der Waals surface area contributed by atoms with Crippen LogP contribution in [0.3, 0.4) is 0 Å². The zero-order chi connectivity index (χ0) is 14.2. The van der Waals surface area contributed by atoms with E-state index in [0.29, 0.717) is 6.04 Å². The molecule has 1 aliphatic rings. The molecule has 2 N–H and O–H groups in total. The molecular weight excluding hydrogens is 250 g/mol. The highest BCUT2D eigenvalue weighted by atomic mass is 16.2. The summed E-state index contributed by atoms with van der Waals surface area (Å²) in [5.41, 5.74) is 7.21. The number of nitrogens with one attached hydrogen (secondary N) is 2. The predicted octanol–water partition coefficient (Wildman–Crippen LogP) is 1.72. The fourth-order valence-electron chi connectivity index (χ4n) is 2.66. The summed E-state index contributed by atoms with van der Waals surface area (Å²) in [6.45, 7) is 4.94. The number of hydrazine groups is 1. The summed E-state index contributed by atoms with van der Waals surface area (Å²) in [6.07, 6.45) is 4.58. The number of carbonyl (C=O) groups is 1. The smallest absolute Gasteiger partial charge is 0.230 e. The third-order valence-corrected chi connectivity index (χ3v) is 3.82. The highest BCUT2D eigenvalue weighted by Crippen LogP contribution is 2.11. The largest absolute Gasteiger partial charge is 0.303 e. The second kappa shape index (κ2) is 8.02. The van der Waals surface area contributed by atoms with Crippen LogP contribution in [0.15, 0.2) is 30.3 Å². The Morgan fingerprint density at radius 2 is 1.95 bits per heavy atom. The normalized spacial score (nSPS) is 17.1. The molecule has 0 bridgehead atoms. The van der Waals surface area contributed by atoms with Crippen LogP contribution >= 0.6 is 0 Å². The molecule has 0 atom stereocenters. The van der Waals surface area contributed by atoms with Crippen molar-refractivity contribution in [1.82, 2.24) is 15.8 Å². The Labute approximate surface area is 121 Å². The summed E-state index contributed by atoms with van der Waals surface area (Å²) >= 11 is 0. The first-order valence-electron chi connectivity index (χ1n) is 7.52. The Morgan fingerprint density at radius 3 is 2.60 bits per heavy atom. The summed E-state index contributed by atoms with van der Waals surface area (Å²) in [5, 5.41) is 0. The number of piperidine rings is 1. The van der Waals surface area contributed by atoms with Gasteiger partial charge in [0.05, 0.1) is 0 Å². The monoisotopic (exact) mass is 275 g/mol. The van der Waals surface area contributed by atoms with Gasteiger partial charge in [-0.3, -0.25) is 10.2 Å². The van der Waals surface area contributed by atoms with E-state index in [-0.39, 0.29) is 5.91 Å². The third kappa shape index (κ3) is 5.31. The van der Waals surface area contributed by atoms with Gasteiger partial charge in [0.25, 0.3) is 0 Å². The van der Waals surface area contributed by atoms with Gasteiger partial charge in [0.2, 0.25) is 5.91 Å². The first-order valence-corrected chi connectivity index (χ1v) is 7.52. The molecular formula is C16H25N3O. The first kappa shape index (κ1) is 15.0. The predicted molar refractivity (Wildman–Crippen MR) is 81.2 cm³/mol. The van der Waals surface area contributed by atoms with Gasteiger partial charge in [-0.25, -0.2) is 5.43 Å². The van der Waals surface area contributed by atoms with Crippen molar-refractivity contribution in [3.8, 4) is 0 Å². The Hall–Kier alpha value is -1.39. The summed E-state index contributed by atoms with van der Waals surface area (Å²) < 4.78 is 0. The van der Waals surface area contributed by atoms with Crippen LogP contribution in [0.4, 0.5) is 0 Å². The van der Waals surface area contributed by atoms with Crippen molar-refractivity contribution in [1.29, 1.82) is 0 Å². The minimum Gasteiger partial charge on any atom is -0.303 e. The zero-order valence-corrected chi connectivity index (χ0v) is 12.3. The number of nitrogens with zero attached hydrogens (tertiary/aromatic N) is 1. The van der Waals surface area contributed by atoms with Gasteiger partial charge in [0.15, 0.2) is 0 Å². The Kier molecular flexibility index (Phi) is 6.02. The van der Waals surface area contributed by atoms with Crippen LogP contribution in [0.25, 0.3) is 0 Å². The molecule has 1 heterocycles. The first-order chi connectivity index (χ1) is 9.74.